The van der Waals surface area contributed by atoms with E-state index in [0.29, 0.717) is 5.56 Å². The lowest BCUT2D eigenvalue weighted by atomic mass is 10.1. The summed E-state index contributed by atoms with van der Waals surface area (Å²) in [4.78, 5) is 28.3. The number of nitrogens with one attached hydrogen (secondary N) is 1. The van der Waals surface area contributed by atoms with Gasteiger partial charge in [0, 0.05) is 50.9 Å². The maximum atomic E-state index is 13.0. The summed E-state index contributed by atoms with van der Waals surface area (Å²) in [5.41, 5.74) is 2.41. The third-order valence-electron chi connectivity index (χ3n) is 5.74. The van der Waals surface area contributed by atoms with Crippen LogP contribution in [0, 0.1) is 10.1 Å². The molecule has 0 radical (unpaired) electrons. The van der Waals surface area contributed by atoms with Crippen LogP contribution in [-0.4, -0.2) is 48.0 Å². The Morgan fingerprint density at radius 1 is 1.10 bits per heavy atom. The van der Waals surface area contributed by atoms with E-state index in [2.05, 4.69) is 27.2 Å². The first-order valence-electron chi connectivity index (χ1n) is 10.2. The number of rotatable bonds is 6. The zero-order chi connectivity index (χ0) is 20.2. The van der Waals surface area contributed by atoms with Crippen LogP contribution in [-0.2, 0) is 6.54 Å². The highest BCUT2D eigenvalue weighted by atomic mass is 16.6. The molecule has 29 heavy (non-hydrogen) atoms. The minimum absolute atomic E-state index is 0.0461. The third-order valence-corrected chi connectivity index (χ3v) is 5.74. The van der Waals surface area contributed by atoms with E-state index in [9.17, 15) is 14.9 Å². The lowest BCUT2D eigenvalue weighted by Crippen LogP contribution is -2.37. The van der Waals surface area contributed by atoms with Crippen LogP contribution >= 0.6 is 0 Å². The molecule has 1 unspecified atom stereocenters. The summed E-state index contributed by atoms with van der Waals surface area (Å²) < 4.78 is 0. The summed E-state index contributed by atoms with van der Waals surface area (Å²) >= 11 is 0. The van der Waals surface area contributed by atoms with Crippen molar-refractivity contribution in [2.75, 3.05) is 31.1 Å². The first-order valence-corrected chi connectivity index (χ1v) is 10.2. The summed E-state index contributed by atoms with van der Waals surface area (Å²) in [6.07, 6.45) is 3.04. The number of carbonyl (C=O) groups excluding carboxylic acids is 1. The zero-order valence-corrected chi connectivity index (χ0v) is 16.4. The van der Waals surface area contributed by atoms with E-state index in [4.69, 9.17) is 0 Å². The molecule has 0 bridgehead atoms. The van der Waals surface area contributed by atoms with Crippen LogP contribution in [0.5, 0.6) is 0 Å². The number of anilines is 1. The molecular weight excluding hydrogens is 368 g/mol. The van der Waals surface area contributed by atoms with Crippen LogP contribution in [0.3, 0.4) is 0 Å². The second-order valence-electron chi connectivity index (χ2n) is 7.83. The Labute approximate surface area is 170 Å². The van der Waals surface area contributed by atoms with Crippen molar-refractivity contribution in [2.45, 2.75) is 31.8 Å². The van der Waals surface area contributed by atoms with Crippen LogP contribution < -0.4 is 10.2 Å². The molecule has 1 atom stereocenters. The first-order chi connectivity index (χ1) is 14.1. The predicted octanol–water partition coefficient (Wildman–Crippen LogP) is 3.20. The van der Waals surface area contributed by atoms with Gasteiger partial charge in [0.25, 0.3) is 11.6 Å². The second-order valence-corrected chi connectivity index (χ2v) is 7.83. The number of nitro benzene ring substituents is 1. The fourth-order valence-corrected chi connectivity index (χ4v) is 4.25. The van der Waals surface area contributed by atoms with Gasteiger partial charge in [-0.05, 0) is 30.9 Å². The molecule has 0 saturated carbocycles. The fraction of sp³-hybridized carbons (Fsp3) is 0.409. The van der Waals surface area contributed by atoms with Gasteiger partial charge < -0.3 is 10.2 Å². The lowest BCUT2D eigenvalue weighted by molar-refractivity contribution is -0.384. The van der Waals surface area contributed by atoms with Crippen molar-refractivity contribution in [1.82, 2.24) is 10.2 Å². The van der Waals surface area contributed by atoms with Gasteiger partial charge in [-0.25, -0.2) is 0 Å². The molecule has 152 valence electrons. The van der Waals surface area contributed by atoms with E-state index >= 15 is 0 Å². The Morgan fingerprint density at radius 2 is 1.86 bits per heavy atom. The Bertz CT molecular complexity index is 881. The minimum atomic E-state index is -0.443. The van der Waals surface area contributed by atoms with Crippen molar-refractivity contribution in [2.24, 2.45) is 0 Å². The van der Waals surface area contributed by atoms with Crippen LogP contribution in [0.4, 0.5) is 11.4 Å². The molecular formula is C22H26N4O3. The molecule has 0 spiro atoms. The smallest absolute Gasteiger partial charge is 0.270 e. The molecule has 2 aromatic rings. The number of non-ortho nitro benzene ring substituents is 1. The normalized spacial score (nSPS) is 19.4. The van der Waals surface area contributed by atoms with Crippen LogP contribution in [0.2, 0.25) is 0 Å². The highest BCUT2D eigenvalue weighted by Gasteiger charge is 2.27. The van der Waals surface area contributed by atoms with E-state index in [1.807, 2.05) is 18.2 Å². The Kier molecular flexibility index (Phi) is 5.76. The number of likely N-dealkylation sites (tertiary alicyclic amines) is 1. The van der Waals surface area contributed by atoms with Crippen molar-refractivity contribution >= 4 is 17.3 Å². The number of benzene rings is 2. The first kappa shape index (κ1) is 19.4. The van der Waals surface area contributed by atoms with Crippen molar-refractivity contribution in [3.8, 4) is 0 Å². The van der Waals surface area contributed by atoms with Gasteiger partial charge in [0.05, 0.1) is 16.2 Å². The number of nitrogens with zero attached hydrogens (tertiary/aromatic N) is 3. The van der Waals surface area contributed by atoms with Crippen LogP contribution in [0.1, 0.15) is 35.2 Å². The molecule has 2 aliphatic rings. The van der Waals surface area contributed by atoms with Crippen molar-refractivity contribution in [3.63, 3.8) is 0 Å². The zero-order valence-electron chi connectivity index (χ0n) is 16.4. The Balaban J connectivity index is 1.45. The largest absolute Gasteiger partial charge is 0.371 e. The molecule has 0 aliphatic carbocycles. The second kappa shape index (κ2) is 8.61. The number of nitro groups is 1. The van der Waals surface area contributed by atoms with E-state index < -0.39 is 4.92 Å². The van der Waals surface area contributed by atoms with Gasteiger partial charge in [-0.15, -0.1) is 0 Å². The highest BCUT2D eigenvalue weighted by Crippen LogP contribution is 2.28. The SMILES string of the molecule is O=C(NC1CCN(Cc2ccccc2)C1)c1cc([N+](=O)[O-])ccc1N1CCCC1. The number of amides is 1. The number of hydrogen-bond donors (Lipinski definition) is 1. The molecule has 2 aromatic carbocycles. The maximum absolute atomic E-state index is 13.0. The van der Waals surface area contributed by atoms with Crippen molar-refractivity contribution in [1.29, 1.82) is 0 Å². The molecule has 2 aliphatic heterocycles. The van der Waals surface area contributed by atoms with Crippen molar-refractivity contribution in [3.05, 3.63) is 69.8 Å². The molecule has 4 rings (SSSR count). The highest BCUT2D eigenvalue weighted by molar-refractivity contribution is 6.00. The molecule has 1 amide bonds. The van der Waals surface area contributed by atoms with E-state index in [-0.39, 0.29) is 17.6 Å². The predicted molar refractivity (Wildman–Crippen MR) is 112 cm³/mol. The topological polar surface area (TPSA) is 78.7 Å². The summed E-state index contributed by atoms with van der Waals surface area (Å²) in [5, 5.41) is 14.3. The van der Waals surface area contributed by atoms with Gasteiger partial charge in [-0.1, -0.05) is 30.3 Å². The third kappa shape index (κ3) is 4.56. The van der Waals surface area contributed by atoms with Crippen molar-refractivity contribution < 1.29 is 9.72 Å². The van der Waals surface area contributed by atoms with E-state index in [1.165, 1.54) is 17.7 Å². The Morgan fingerprint density at radius 3 is 2.59 bits per heavy atom. The van der Waals surface area contributed by atoms with E-state index in [1.54, 1.807) is 6.07 Å². The number of hydrogen-bond acceptors (Lipinski definition) is 5. The fourth-order valence-electron chi connectivity index (χ4n) is 4.25. The lowest BCUT2D eigenvalue weighted by Gasteiger charge is -2.22. The molecule has 0 aromatic heterocycles. The van der Waals surface area contributed by atoms with Crippen LogP contribution in [0.25, 0.3) is 0 Å². The summed E-state index contributed by atoms with van der Waals surface area (Å²) in [6, 6.07) is 15.0. The van der Waals surface area contributed by atoms with Crippen LogP contribution in [0.15, 0.2) is 48.5 Å². The van der Waals surface area contributed by atoms with Gasteiger partial charge in [0.1, 0.15) is 0 Å². The summed E-state index contributed by atoms with van der Waals surface area (Å²) in [7, 11) is 0. The van der Waals surface area contributed by atoms with Gasteiger partial charge in [-0.3, -0.25) is 19.8 Å². The molecule has 7 heteroatoms. The summed E-state index contributed by atoms with van der Waals surface area (Å²) in [5.74, 6) is -0.220. The van der Waals surface area contributed by atoms with Gasteiger partial charge in [0.2, 0.25) is 0 Å². The quantitative estimate of drug-likeness (QED) is 0.601. The minimum Gasteiger partial charge on any atom is -0.371 e. The molecule has 1 N–H and O–H groups in total. The maximum Gasteiger partial charge on any atom is 0.270 e. The average Bonchev–Trinajstić information content (AvgIpc) is 3.40. The molecule has 7 nitrogen and oxygen atoms in total. The van der Waals surface area contributed by atoms with Gasteiger partial charge >= 0.3 is 0 Å². The number of carbonyl (C=O) groups is 1. The Hall–Kier alpha value is -2.93. The van der Waals surface area contributed by atoms with E-state index in [0.717, 1.165) is 57.7 Å². The standard InChI is InChI=1S/C22H26N4O3/c27-22(23-18-10-13-24(16-18)15-17-6-2-1-3-7-17)20-14-19(26(28)29)8-9-21(20)25-11-4-5-12-25/h1-3,6-9,14,18H,4-5,10-13,15-16H2,(H,23,27). The summed E-state index contributed by atoms with van der Waals surface area (Å²) in [6.45, 7) is 4.34. The monoisotopic (exact) mass is 394 g/mol. The van der Waals surface area contributed by atoms with Gasteiger partial charge in [-0.2, -0.15) is 0 Å². The average molecular weight is 394 g/mol. The molecule has 2 saturated heterocycles. The molecule has 2 heterocycles. The molecule has 2 fully saturated rings. The van der Waals surface area contributed by atoms with Gasteiger partial charge in [0.15, 0.2) is 0 Å².